The van der Waals surface area contributed by atoms with E-state index in [1.807, 2.05) is 12.1 Å². The van der Waals surface area contributed by atoms with Crippen LogP contribution in [0.1, 0.15) is 1.43 Å². The molecule has 2 nitrogen and oxygen atoms in total. The predicted octanol–water partition coefficient (Wildman–Crippen LogP) is 10.8. The molecule has 0 unspecified atom stereocenters. The molecule has 0 atom stereocenters. The molecular weight excluding hydrogens is 462 g/mol. The lowest BCUT2D eigenvalue weighted by atomic mass is 9.96. The van der Waals surface area contributed by atoms with E-state index in [-0.39, 0.29) is 1.43 Å². The van der Waals surface area contributed by atoms with Gasteiger partial charge in [-0.1, -0.05) is 109 Å². The lowest BCUT2D eigenvalue weighted by molar-refractivity contribution is 0.670. The summed E-state index contributed by atoms with van der Waals surface area (Å²) in [6, 6.07) is 43.1. The summed E-state index contributed by atoms with van der Waals surface area (Å²) in [4.78, 5) is 3.78. The number of hydrogen-bond donors (Lipinski definition) is 1. The van der Waals surface area contributed by atoms with Crippen LogP contribution in [0.3, 0.4) is 0 Å². The van der Waals surface area contributed by atoms with E-state index >= 15 is 0 Å². The number of aromatic amines is 1. The summed E-state index contributed by atoms with van der Waals surface area (Å²) >= 11 is 0. The predicted molar refractivity (Wildman–Crippen MR) is 165 cm³/mol. The van der Waals surface area contributed by atoms with Gasteiger partial charge in [-0.2, -0.15) is 0 Å². The number of para-hydroxylation sites is 3. The van der Waals surface area contributed by atoms with Gasteiger partial charge in [0.15, 0.2) is 0 Å². The largest absolute Gasteiger partial charge is 0.455 e. The highest BCUT2D eigenvalue weighted by Gasteiger charge is 2.15. The maximum Gasteiger partial charge on any atom is 0.143 e. The molecule has 38 heavy (non-hydrogen) atoms. The second-order valence-electron chi connectivity index (χ2n) is 9.42. The van der Waals surface area contributed by atoms with Gasteiger partial charge < -0.3 is 9.40 Å². The van der Waals surface area contributed by atoms with Crippen molar-refractivity contribution in [2.45, 2.75) is 0 Å². The van der Waals surface area contributed by atoms with Gasteiger partial charge in [-0.05, 0) is 28.6 Å². The molecule has 0 radical (unpaired) electrons. The second-order valence-corrected chi connectivity index (χ2v) is 9.42. The molecule has 0 bridgehead atoms. The van der Waals surface area contributed by atoms with E-state index in [9.17, 15) is 0 Å². The van der Waals surface area contributed by atoms with Crippen molar-refractivity contribution in [1.29, 1.82) is 0 Å². The number of fused-ring (bicyclic) bond motifs is 8. The van der Waals surface area contributed by atoms with Crippen LogP contribution in [0.25, 0.3) is 76.8 Å². The molecule has 182 valence electrons. The molecule has 0 amide bonds. The van der Waals surface area contributed by atoms with Crippen LogP contribution in [0.4, 0.5) is 0 Å². The van der Waals surface area contributed by atoms with Crippen molar-refractivity contribution in [2.24, 2.45) is 0 Å². The first-order valence-electron chi connectivity index (χ1n) is 12.8. The van der Waals surface area contributed by atoms with Gasteiger partial charge in [-0.15, -0.1) is 13.2 Å². The number of nitrogens with one attached hydrogen (secondary N) is 1. The van der Waals surface area contributed by atoms with E-state index in [0.29, 0.717) is 0 Å². The number of aromatic nitrogens is 1. The molecule has 6 aromatic carbocycles. The first kappa shape index (κ1) is 22.1. The Bertz CT molecular complexity index is 2130. The van der Waals surface area contributed by atoms with Crippen LogP contribution in [-0.4, -0.2) is 4.98 Å². The minimum atomic E-state index is 0. The van der Waals surface area contributed by atoms with Gasteiger partial charge in [-0.3, -0.25) is 0 Å². The number of furan rings is 1. The second kappa shape index (κ2) is 8.79. The van der Waals surface area contributed by atoms with Crippen LogP contribution in [0.2, 0.25) is 0 Å². The Morgan fingerprint density at radius 1 is 0.500 bits per heavy atom. The van der Waals surface area contributed by atoms with Gasteiger partial charge in [-0.25, -0.2) is 0 Å². The summed E-state index contributed by atoms with van der Waals surface area (Å²) < 4.78 is 6.33. The standard InChI is InChI=1S/C34H21NO.C2H4.H2/c1-2-11-24-21(8-1)18-19-29-28-15-6-13-25(33(28)35-32(24)29)22-9-5-10-23(20-22)26-14-7-16-30-27-12-3-4-17-31(27)36-34(26)30;1-2;/h1-20,35H;1-2H2;1H. The number of H-pyrrole nitrogens is 1. The van der Waals surface area contributed by atoms with Crippen LogP contribution < -0.4 is 0 Å². The highest BCUT2D eigenvalue weighted by Crippen LogP contribution is 2.39. The summed E-state index contributed by atoms with van der Waals surface area (Å²) in [6.07, 6.45) is 0. The number of rotatable bonds is 2. The van der Waals surface area contributed by atoms with Crippen molar-refractivity contribution in [3.63, 3.8) is 0 Å². The highest BCUT2D eigenvalue weighted by molar-refractivity contribution is 6.19. The molecule has 0 fully saturated rings. The molecule has 0 saturated carbocycles. The van der Waals surface area contributed by atoms with E-state index in [1.165, 1.54) is 43.7 Å². The van der Waals surface area contributed by atoms with Gasteiger partial charge in [0, 0.05) is 39.5 Å². The van der Waals surface area contributed by atoms with Crippen molar-refractivity contribution in [3.8, 4) is 22.3 Å². The molecule has 0 aliphatic rings. The fourth-order valence-corrected chi connectivity index (χ4v) is 5.74. The molecular formula is C36H27NO. The lowest BCUT2D eigenvalue weighted by Crippen LogP contribution is -1.84. The van der Waals surface area contributed by atoms with Gasteiger partial charge in [0.05, 0.1) is 11.0 Å². The Hall–Kier alpha value is -5.08. The lowest BCUT2D eigenvalue weighted by Gasteiger charge is -2.08. The zero-order valence-electron chi connectivity index (χ0n) is 20.9. The third-order valence-corrected chi connectivity index (χ3v) is 7.42. The van der Waals surface area contributed by atoms with Gasteiger partial charge in [0.2, 0.25) is 0 Å². The average molecular weight is 490 g/mol. The van der Waals surface area contributed by atoms with Crippen molar-refractivity contribution in [3.05, 3.63) is 134 Å². The third kappa shape index (κ3) is 3.28. The molecule has 2 aromatic heterocycles. The topological polar surface area (TPSA) is 28.9 Å². The molecule has 8 aromatic rings. The Kier molecular flexibility index (Phi) is 5.12. The molecule has 0 aliphatic heterocycles. The van der Waals surface area contributed by atoms with Crippen molar-refractivity contribution in [2.75, 3.05) is 0 Å². The Morgan fingerprint density at radius 3 is 2.00 bits per heavy atom. The van der Waals surface area contributed by atoms with Crippen LogP contribution >= 0.6 is 0 Å². The van der Waals surface area contributed by atoms with E-state index in [4.69, 9.17) is 4.42 Å². The Balaban J connectivity index is 0.000000903. The van der Waals surface area contributed by atoms with Crippen molar-refractivity contribution < 1.29 is 5.84 Å². The number of hydrogen-bond acceptors (Lipinski definition) is 1. The smallest absolute Gasteiger partial charge is 0.143 e. The van der Waals surface area contributed by atoms with Gasteiger partial charge in [0.25, 0.3) is 0 Å². The zero-order chi connectivity index (χ0) is 25.6. The van der Waals surface area contributed by atoms with Gasteiger partial charge >= 0.3 is 0 Å². The minimum Gasteiger partial charge on any atom is -0.455 e. The van der Waals surface area contributed by atoms with Crippen LogP contribution in [-0.2, 0) is 0 Å². The van der Waals surface area contributed by atoms with Gasteiger partial charge in [0.1, 0.15) is 11.2 Å². The zero-order valence-corrected chi connectivity index (χ0v) is 20.9. The third-order valence-electron chi connectivity index (χ3n) is 7.42. The first-order valence-corrected chi connectivity index (χ1v) is 12.8. The summed E-state index contributed by atoms with van der Waals surface area (Å²) in [6.45, 7) is 6.00. The molecule has 1 N–H and O–H groups in total. The van der Waals surface area contributed by atoms with E-state index in [0.717, 1.165) is 33.1 Å². The fourth-order valence-electron chi connectivity index (χ4n) is 5.74. The van der Waals surface area contributed by atoms with E-state index in [1.54, 1.807) is 0 Å². The summed E-state index contributed by atoms with van der Waals surface area (Å²) in [5.41, 5.74) is 8.86. The number of benzene rings is 6. The SMILES string of the molecule is C=C.[HH].c1cc(-c2cccc3c2[nH]c2c4ccccc4ccc32)cc(-c2cccc3c2oc2ccccc23)c1. The Morgan fingerprint density at radius 2 is 1.13 bits per heavy atom. The van der Waals surface area contributed by atoms with Crippen LogP contribution in [0.15, 0.2) is 139 Å². The Labute approximate surface area is 221 Å². The van der Waals surface area contributed by atoms with Crippen LogP contribution in [0.5, 0.6) is 0 Å². The maximum absolute atomic E-state index is 6.33. The summed E-state index contributed by atoms with van der Waals surface area (Å²) in [5, 5.41) is 7.31. The fraction of sp³-hybridized carbons (Fsp3) is 0. The monoisotopic (exact) mass is 489 g/mol. The van der Waals surface area contributed by atoms with Crippen molar-refractivity contribution >= 4 is 54.5 Å². The molecule has 2 heterocycles. The quantitative estimate of drug-likeness (QED) is 0.240. The average Bonchev–Trinajstić information content (AvgIpc) is 3.57. The highest BCUT2D eigenvalue weighted by atomic mass is 16.3. The normalized spacial score (nSPS) is 11.4. The minimum absolute atomic E-state index is 0. The summed E-state index contributed by atoms with van der Waals surface area (Å²) in [7, 11) is 0. The molecule has 0 spiro atoms. The first-order chi connectivity index (χ1) is 18.8. The molecule has 8 rings (SSSR count). The van der Waals surface area contributed by atoms with E-state index in [2.05, 4.69) is 127 Å². The van der Waals surface area contributed by atoms with Crippen LogP contribution in [0, 0.1) is 0 Å². The van der Waals surface area contributed by atoms with Crippen molar-refractivity contribution in [1.82, 2.24) is 4.98 Å². The maximum atomic E-state index is 6.33. The molecule has 2 heteroatoms. The molecule has 0 aliphatic carbocycles. The van der Waals surface area contributed by atoms with E-state index < -0.39 is 0 Å². The summed E-state index contributed by atoms with van der Waals surface area (Å²) in [5.74, 6) is 0. The molecule has 0 saturated heterocycles.